The summed E-state index contributed by atoms with van der Waals surface area (Å²) in [5.41, 5.74) is 4.17. The molecule has 1 aromatic carbocycles. The van der Waals surface area contributed by atoms with Gasteiger partial charge in [0.15, 0.2) is 11.6 Å². The number of benzene rings is 1. The number of hydroxylamine groups is 3. The maximum absolute atomic E-state index is 14.3. The summed E-state index contributed by atoms with van der Waals surface area (Å²) in [7, 11) is 1.81. The molecule has 12 heteroatoms. The molecule has 0 amide bonds. The Hall–Kier alpha value is -3.74. The van der Waals surface area contributed by atoms with Crippen molar-refractivity contribution in [3.05, 3.63) is 59.9 Å². The van der Waals surface area contributed by atoms with Crippen molar-refractivity contribution in [1.82, 2.24) is 20.5 Å². The van der Waals surface area contributed by atoms with Crippen LogP contribution in [0.4, 0.5) is 21.8 Å². The lowest BCUT2D eigenvalue weighted by molar-refractivity contribution is -0.0535. The van der Waals surface area contributed by atoms with E-state index in [1.54, 1.807) is 48.4 Å². The number of halogens is 1. The topological polar surface area (TPSA) is 131 Å². The van der Waals surface area contributed by atoms with Gasteiger partial charge in [0.25, 0.3) is 0 Å². The van der Waals surface area contributed by atoms with E-state index in [1.165, 1.54) is 0 Å². The third-order valence-electron chi connectivity index (χ3n) is 4.77. The van der Waals surface area contributed by atoms with Crippen molar-refractivity contribution in [1.29, 1.82) is 0 Å². The van der Waals surface area contributed by atoms with E-state index in [1.807, 2.05) is 34.7 Å². The van der Waals surface area contributed by atoms with Gasteiger partial charge in [-0.1, -0.05) is 20.8 Å². The lowest BCUT2D eigenvalue weighted by Crippen LogP contribution is -2.28. The molecule has 36 heavy (non-hydrogen) atoms. The zero-order chi connectivity index (χ0) is 26.5. The maximum Gasteiger partial charge on any atom is 0.229 e. The molecule has 0 spiro atoms. The molecule has 196 valence electrons. The predicted molar refractivity (Wildman–Crippen MR) is 138 cm³/mol. The Labute approximate surface area is 211 Å². The quantitative estimate of drug-likeness (QED) is 0.199. The largest absolute Gasteiger partial charge is 0.412 e. The van der Waals surface area contributed by atoms with Crippen LogP contribution in [0.3, 0.4) is 0 Å². The monoisotopic (exact) mass is 502 g/mol. The average Bonchev–Trinajstić information content (AvgIpc) is 3.22. The Morgan fingerprint density at radius 2 is 2.00 bits per heavy atom. The summed E-state index contributed by atoms with van der Waals surface area (Å²) in [6, 6.07) is 6.92. The average molecular weight is 503 g/mol. The van der Waals surface area contributed by atoms with Gasteiger partial charge in [0.1, 0.15) is 24.2 Å². The number of anilines is 3. The smallest absolute Gasteiger partial charge is 0.229 e. The molecule has 1 aliphatic rings. The van der Waals surface area contributed by atoms with Gasteiger partial charge in [-0.2, -0.15) is 10.9 Å². The van der Waals surface area contributed by atoms with Gasteiger partial charge < -0.3 is 25.1 Å². The van der Waals surface area contributed by atoms with Crippen LogP contribution in [-0.2, 0) is 9.68 Å². The Bertz CT molecular complexity index is 1060. The van der Waals surface area contributed by atoms with Crippen molar-refractivity contribution in [2.24, 2.45) is 10.9 Å². The summed E-state index contributed by atoms with van der Waals surface area (Å²) >= 11 is 0. The van der Waals surface area contributed by atoms with Gasteiger partial charge in [0, 0.05) is 24.5 Å². The van der Waals surface area contributed by atoms with Crippen molar-refractivity contribution in [3.8, 4) is 5.75 Å². The Morgan fingerprint density at radius 1 is 1.28 bits per heavy atom. The summed E-state index contributed by atoms with van der Waals surface area (Å²) in [4.78, 5) is 28.2. The molecule has 1 aliphatic heterocycles. The van der Waals surface area contributed by atoms with Crippen molar-refractivity contribution in [3.63, 3.8) is 0 Å². The summed E-state index contributed by atoms with van der Waals surface area (Å²) in [5.74, 6) is 6.47. The van der Waals surface area contributed by atoms with Gasteiger partial charge in [-0.15, -0.1) is 10.5 Å². The minimum atomic E-state index is -0.592. The number of nitrogens with one attached hydrogen (secondary N) is 3. The van der Waals surface area contributed by atoms with Crippen molar-refractivity contribution in [2.75, 3.05) is 24.2 Å². The van der Waals surface area contributed by atoms with Gasteiger partial charge >= 0.3 is 0 Å². The van der Waals surface area contributed by atoms with E-state index in [2.05, 4.69) is 31.1 Å². The molecule has 11 nitrogen and oxygen atoms in total. The number of nitrogens with two attached hydrogens (primary N) is 1. The van der Waals surface area contributed by atoms with Gasteiger partial charge in [-0.05, 0) is 50.6 Å². The highest BCUT2D eigenvalue weighted by atomic mass is 19.1. The molecule has 1 unspecified atom stereocenters. The first kappa shape index (κ1) is 28.5. The second-order valence-electron chi connectivity index (χ2n) is 7.21. The van der Waals surface area contributed by atoms with E-state index in [0.29, 0.717) is 36.1 Å². The first-order chi connectivity index (χ1) is 17.4. The second-order valence-corrected chi connectivity index (χ2v) is 7.21. The molecule has 2 aromatic rings. The standard InChI is InChI=1S/C22H29FN8O3.C2H6/c1-5-15(11-17(6-2)32-24)29-22-25-12-19(23)21(30-22)28-16-7-9-18(10-8-16)33-26-13-20-27-14(3)31(4)34-20;1-2/h6-12,14,26H,5,13,24H2,1-4H3,(H2,25,28,29,30);1-2H3/b15-11+,17-6+;. The van der Waals surface area contributed by atoms with Crippen molar-refractivity contribution >= 4 is 23.4 Å². The maximum atomic E-state index is 14.3. The van der Waals surface area contributed by atoms with E-state index < -0.39 is 5.82 Å². The van der Waals surface area contributed by atoms with Gasteiger partial charge in [-0.25, -0.2) is 14.4 Å². The fraction of sp³-hybridized carbons (Fsp3) is 0.375. The normalized spacial score (nSPS) is 15.9. The first-order valence-electron chi connectivity index (χ1n) is 11.7. The van der Waals surface area contributed by atoms with Gasteiger partial charge in [0.2, 0.25) is 11.8 Å². The number of hydrogen-bond donors (Lipinski definition) is 4. The third kappa shape index (κ3) is 8.48. The van der Waals surface area contributed by atoms with E-state index in [0.717, 1.165) is 11.9 Å². The lowest BCUT2D eigenvalue weighted by atomic mass is 10.3. The molecule has 0 radical (unpaired) electrons. The highest BCUT2D eigenvalue weighted by Crippen LogP contribution is 2.22. The first-order valence-corrected chi connectivity index (χ1v) is 11.7. The number of rotatable bonds is 11. The summed E-state index contributed by atoms with van der Waals surface area (Å²) in [5, 5.41) is 7.64. The minimum absolute atomic E-state index is 0.0238. The Balaban J connectivity index is 0.00000222. The molecule has 0 bridgehead atoms. The van der Waals surface area contributed by atoms with E-state index >= 15 is 0 Å². The minimum Gasteiger partial charge on any atom is -0.412 e. The number of aliphatic imine (C=N–C) groups is 1. The number of aromatic nitrogens is 2. The van der Waals surface area contributed by atoms with Crippen molar-refractivity contribution in [2.45, 2.75) is 47.2 Å². The molecule has 0 saturated heterocycles. The summed E-state index contributed by atoms with van der Waals surface area (Å²) < 4.78 is 14.3. The number of nitrogens with zero attached hydrogens (tertiary/aromatic N) is 4. The molecule has 3 rings (SSSR count). The van der Waals surface area contributed by atoms with Crippen LogP contribution in [0.1, 0.15) is 41.0 Å². The lowest BCUT2D eigenvalue weighted by Gasteiger charge is -2.12. The Morgan fingerprint density at radius 3 is 2.58 bits per heavy atom. The molecule has 0 aliphatic carbocycles. The van der Waals surface area contributed by atoms with Crippen LogP contribution in [0.5, 0.6) is 5.75 Å². The van der Waals surface area contributed by atoms with E-state index in [4.69, 9.17) is 20.4 Å². The molecule has 0 fully saturated rings. The zero-order valence-corrected chi connectivity index (χ0v) is 21.5. The summed E-state index contributed by atoms with van der Waals surface area (Å²) in [6.45, 7) is 9.98. The SMILES string of the molecule is C/C=C(\C=C(/CC)Nc1ncc(F)c(Nc2ccc(ONCC3=NC(C)N(C)O3)cc2)n1)ON.CC. The third-order valence-corrected chi connectivity index (χ3v) is 4.77. The van der Waals surface area contributed by atoms with Crippen LogP contribution >= 0.6 is 0 Å². The molecule has 1 atom stereocenters. The van der Waals surface area contributed by atoms with Gasteiger partial charge in [0.05, 0.1) is 6.20 Å². The second kappa shape index (κ2) is 14.6. The van der Waals surface area contributed by atoms with Crippen LogP contribution in [0.2, 0.25) is 0 Å². The number of allylic oxidation sites excluding steroid dienone is 3. The van der Waals surface area contributed by atoms with Crippen LogP contribution < -0.4 is 26.8 Å². The molecular weight excluding hydrogens is 467 g/mol. The fourth-order valence-corrected chi connectivity index (χ4v) is 2.80. The van der Waals surface area contributed by atoms with E-state index in [9.17, 15) is 4.39 Å². The predicted octanol–water partition coefficient (Wildman–Crippen LogP) is 4.39. The van der Waals surface area contributed by atoms with Gasteiger partial charge in [-0.3, -0.25) is 0 Å². The highest BCUT2D eigenvalue weighted by molar-refractivity contribution is 5.79. The molecular formula is C24H35FN8O3. The number of hydrogen-bond acceptors (Lipinski definition) is 11. The zero-order valence-electron chi connectivity index (χ0n) is 21.5. The van der Waals surface area contributed by atoms with Crippen LogP contribution in [0.25, 0.3) is 0 Å². The summed E-state index contributed by atoms with van der Waals surface area (Å²) in [6.07, 6.45) is 5.13. The molecule has 2 heterocycles. The molecule has 0 saturated carbocycles. The molecule has 1 aromatic heterocycles. The van der Waals surface area contributed by atoms with Crippen molar-refractivity contribution < 1.29 is 18.9 Å². The van der Waals surface area contributed by atoms with Crippen LogP contribution in [0, 0.1) is 5.82 Å². The Kier molecular flexibility index (Phi) is 11.6. The fourth-order valence-electron chi connectivity index (χ4n) is 2.80. The highest BCUT2D eigenvalue weighted by Gasteiger charge is 2.20. The van der Waals surface area contributed by atoms with Crippen LogP contribution in [-0.4, -0.2) is 40.7 Å². The van der Waals surface area contributed by atoms with E-state index in [-0.39, 0.29) is 17.9 Å². The molecule has 5 N–H and O–H groups in total. The van der Waals surface area contributed by atoms with Crippen LogP contribution in [0.15, 0.2) is 59.1 Å².